The normalized spacial score (nSPS) is 17.6. The first kappa shape index (κ1) is 21.7. The lowest BCUT2D eigenvalue weighted by Gasteiger charge is -2.20. The van der Waals surface area contributed by atoms with Crippen molar-refractivity contribution in [1.29, 1.82) is 0 Å². The molecule has 0 amide bonds. The van der Waals surface area contributed by atoms with Crippen LogP contribution in [0.1, 0.15) is 84.0 Å². The van der Waals surface area contributed by atoms with Gasteiger partial charge in [0.15, 0.2) is 0 Å². The molecule has 0 unspecified atom stereocenters. The number of carbonyl (C=O) groups is 2. The Hall–Kier alpha value is -1.32. The van der Waals surface area contributed by atoms with Crippen molar-refractivity contribution < 1.29 is 19.4 Å². The van der Waals surface area contributed by atoms with Gasteiger partial charge in [-0.2, -0.15) is 0 Å². The molecule has 0 aliphatic heterocycles. The van der Waals surface area contributed by atoms with E-state index in [1.165, 1.54) is 70.6 Å². The molecule has 23 heavy (non-hydrogen) atoms. The minimum Gasteiger partial charge on any atom is -0.481 e. The number of aliphatic carboxylic acids is 1. The van der Waals surface area contributed by atoms with E-state index in [4.69, 9.17) is 14.6 Å². The van der Waals surface area contributed by atoms with E-state index in [1.54, 1.807) is 6.08 Å². The van der Waals surface area contributed by atoms with Crippen molar-refractivity contribution in [2.45, 2.75) is 84.0 Å². The number of rotatable bonds is 4. The number of carbonyl (C=O) groups excluding carboxylic acids is 1. The minimum atomic E-state index is -0.833. The first-order valence-corrected chi connectivity index (χ1v) is 9.02. The van der Waals surface area contributed by atoms with Gasteiger partial charge in [0.25, 0.3) is 5.97 Å². The molecule has 2 fully saturated rings. The van der Waals surface area contributed by atoms with Crippen molar-refractivity contribution >= 4 is 11.9 Å². The van der Waals surface area contributed by atoms with Gasteiger partial charge in [0.2, 0.25) is 0 Å². The molecular weight excluding hydrogens is 292 g/mol. The fourth-order valence-electron chi connectivity index (χ4n) is 2.90. The third kappa shape index (κ3) is 16.9. The molecule has 0 bridgehead atoms. The van der Waals surface area contributed by atoms with E-state index in [2.05, 4.69) is 6.58 Å². The van der Waals surface area contributed by atoms with Crippen LogP contribution in [0.4, 0.5) is 0 Å². The van der Waals surface area contributed by atoms with Crippen LogP contribution in [0.15, 0.2) is 12.7 Å². The van der Waals surface area contributed by atoms with E-state index in [-0.39, 0.29) is 5.97 Å². The highest BCUT2D eigenvalue weighted by Crippen LogP contribution is 2.26. The number of hydrogen-bond donors (Lipinski definition) is 1. The number of ether oxygens (including phenoxy) is 1. The highest BCUT2D eigenvalue weighted by atomic mass is 16.5. The summed E-state index contributed by atoms with van der Waals surface area (Å²) >= 11 is 0. The molecule has 0 spiro atoms. The van der Waals surface area contributed by atoms with Gasteiger partial charge in [0.1, 0.15) is 6.61 Å². The molecule has 0 aromatic heterocycles. The monoisotopic (exact) mass is 326 g/mol. The van der Waals surface area contributed by atoms with Gasteiger partial charge in [0.05, 0.1) is 0 Å². The summed E-state index contributed by atoms with van der Waals surface area (Å²) in [6.45, 7) is 4.94. The third-order valence-electron chi connectivity index (χ3n) is 4.04. The topological polar surface area (TPSA) is 63.6 Å². The van der Waals surface area contributed by atoms with Crippen LogP contribution in [-0.4, -0.2) is 23.7 Å². The van der Waals surface area contributed by atoms with Crippen LogP contribution in [0.3, 0.4) is 0 Å². The molecular formula is C19H34O4. The highest BCUT2D eigenvalue weighted by Gasteiger charge is 2.17. The second-order valence-electron chi connectivity index (χ2n) is 6.32. The predicted octanol–water partition coefficient (Wildman–Crippen LogP) is 5.12. The maximum absolute atomic E-state index is 11.2. The summed E-state index contributed by atoms with van der Waals surface area (Å²) in [7, 11) is 0. The lowest BCUT2D eigenvalue weighted by Crippen LogP contribution is -2.14. The SMILES string of the molecule is C1CCCCC1.C=CCOC(=O)CC1CCCCC1.CC(=O)O. The van der Waals surface area contributed by atoms with Crippen molar-refractivity contribution in [3.8, 4) is 0 Å². The van der Waals surface area contributed by atoms with Crippen molar-refractivity contribution in [2.75, 3.05) is 6.61 Å². The Bertz CT molecular complexity index is 300. The molecule has 134 valence electrons. The van der Waals surface area contributed by atoms with Gasteiger partial charge in [-0.15, -0.1) is 0 Å². The number of carboxylic acids is 1. The predicted molar refractivity (Wildman–Crippen MR) is 93.4 cm³/mol. The van der Waals surface area contributed by atoms with Crippen LogP contribution >= 0.6 is 0 Å². The summed E-state index contributed by atoms with van der Waals surface area (Å²) in [5.74, 6) is -0.321. The molecule has 2 saturated carbocycles. The maximum Gasteiger partial charge on any atom is 0.306 e. The fraction of sp³-hybridized carbons (Fsp3) is 0.789. The average molecular weight is 326 g/mol. The first-order valence-electron chi connectivity index (χ1n) is 9.02. The molecule has 1 N–H and O–H groups in total. The van der Waals surface area contributed by atoms with E-state index in [0.717, 1.165) is 6.92 Å². The van der Waals surface area contributed by atoms with Crippen molar-refractivity contribution in [3.63, 3.8) is 0 Å². The van der Waals surface area contributed by atoms with Gasteiger partial charge in [-0.05, 0) is 18.8 Å². The van der Waals surface area contributed by atoms with E-state index < -0.39 is 5.97 Å². The van der Waals surface area contributed by atoms with Gasteiger partial charge in [-0.1, -0.05) is 70.4 Å². The van der Waals surface area contributed by atoms with Gasteiger partial charge in [-0.25, -0.2) is 0 Å². The van der Waals surface area contributed by atoms with Crippen molar-refractivity contribution in [1.82, 2.24) is 0 Å². The number of hydrogen-bond acceptors (Lipinski definition) is 3. The summed E-state index contributed by atoms with van der Waals surface area (Å²) in [5.41, 5.74) is 0. The Morgan fingerprint density at radius 1 is 1.00 bits per heavy atom. The second-order valence-corrected chi connectivity index (χ2v) is 6.32. The van der Waals surface area contributed by atoms with Crippen LogP contribution in [0.2, 0.25) is 0 Å². The summed E-state index contributed by atoms with van der Waals surface area (Å²) in [4.78, 5) is 20.2. The Morgan fingerprint density at radius 2 is 1.39 bits per heavy atom. The molecule has 0 atom stereocenters. The zero-order valence-corrected chi connectivity index (χ0v) is 14.7. The van der Waals surface area contributed by atoms with Gasteiger partial charge in [-0.3, -0.25) is 9.59 Å². The molecule has 0 radical (unpaired) electrons. The van der Waals surface area contributed by atoms with Gasteiger partial charge >= 0.3 is 5.97 Å². The first-order chi connectivity index (χ1) is 11.1. The summed E-state index contributed by atoms with van der Waals surface area (Å²) in [5, 5.41) is 7.42. The Kier molecular flexibility index (Phi) is 14.7. The van der Waals surface area contributed by atoms with Gasteiger partial charge < -0.3 is 9.84 Å². The molecule has 4 heteroatoms. The highest BCUT2D eigenvalue weighted by molar-refractivity contribution is 5.69. The molecule has 2 aliphatic carbocycles. The third-order valence-corrected chi connectivity index (χ3v) is 4.04. The van der Waals surface area contributed by atoms with E-state index >= 15 is 0 Å². The standard InChI is InChI=1S/C11H18O2.C6H12.C2H4O2/c1-2-8-13-11(12)9-10-6-4-3-5-7-10;1-2-4-6-5-3-1;1-2(3)4/h2,10H,1,3-9H2;1-6H2;1H3,(H,3,4). The molecule has 2 aliphatic rings. The smallest absolute Gasteiger partial charge is 0.306 e. The van der Waals surface area contributed by atoms with Gasteiger partial charge in [0, 0.05) is 13.3 Å². The van der Waals surface area contributed by atoms with E-state index in [0.29, 0.717) is 18.9 Å². The molecule has 0 saturated heterocycles. The van der Waals surface area contributed by atoms with Crippen LogP contribution in [-0.2, 0) is 14.3 Å². The molecule has 0 aromatic carbocycles. The summed E-state index contributed by atoms with van der Waals surface area (Å²) < 4.78 is 4.94. The van der Waals surface area contributed by atoms with E-state index in [9.17, 15) is 4.79 Å². The van der Waals surface area contributed by atoms with Crippen molar-refractivity contribution in [2.24, 2.45) is 5.92 Å². The van der Waals surface area contributed by atoms with Crippen molar-refractivity contribution in [3.05, 3.63) is 12.7 Å². The average Bonchev–Trinajstić information content (AvgIpc) is 2.55. The molecule has 4 nitrogen and oxygen atoms in total. The Morgan fingerprint density at radius 3 is 1.78 bits per heavy atom. The quantitative estimate of drug-likeness (QED) is 0.575. The lowest BCUT2D eigenvalue weighted by atomic mass is 9.87. The van der Waals surface area contributed by atoms with Crippen LogP contribution in [0.5, 0.6) is 0 Å². The number of esters is 1. The minimum absolute atomic E-state index is 0.0631. The number of carboxylic acid groups (broad SMARTS) is 1. The zero-order valence-electron chi connectivity index (χ0n) is 14.7. The largest absolute Gasteiger partial charge is 0.481 e. The maximum atomic E-state index is 11.2. The lowest BCUT2D eigenvalue weighted by molar-refractivity contribution is -0.143. The van der Waals surface area contributed by atoms with E-state index in [1.807, 2.05) is 0 Å². The molecule has 2 rings (SSSR count). The molecule has 0 aromatic rings. The summed E-state index contributed by atoms with van der Waals surface area (Å²) in [6.07, 6.45) is 17.5. The van der Waals surface area contributed by atoms with Crippen LogP contribution in [0.25, 0.3) is 0 Å². The summed E-state index contributed by atoms with van der Waals surface area (Å²) in [6, 6.07) is 0. The Labute approximate surface area is 141 Å². The zero-order chi connectivity index (χ0) is 17.3. The fourth-order valence-corrected chi connectivity index (χ4v) is 2.90. The van der Waals surface area contributed by atoms with Crippen LogP contribution in [0, 0.1) is 5.92 Å². The molecule has 0 heterocycles. The van der Waals surface area contributed by atoms with Crippen LogP contribution < -0.4 is 0 Å². The Balaban J connectivity index is 0.000000398. The second kappa shape index (κ2) is 15.6.